The zero-order chi connectivity index (χ0) is 13.5. The minimum Gasteiger partial charge on any atom is -0.348 e. The van der Waals surface area contributed by atoms with Crippen LogP contribution in [0.5, 0.6) is 0 Å². The lowest BCUT2D eigenvalue weighted by Gasteiger charge is -2.27. The average Bonchev–Trinajstić information content (AvgIpc) is 3.04. The number of hydrogen-bond donors (Lipinski definition) is 1. The van der Waals surface area contributed by atoms with Crippen molar-refractivity contribution in [1.82, 2.24) is 15.3 Å². The van der Waals surface area contributed by atoms with Crippen molar-refractivity contribution in [3.63, 3.8) is 0 Å². The quantitative estimate of drug-likeness (QED) is 0.927. The predicted octanol–water partition coefficient (Wildman–Crippen LogP) is 2.85. The third kappa shape index (κ3) is 2.20. The molecule has 2 unspecified atom stereocenters. The van der Waals surface area contributed by atoms with Crippen molar-refractivity contribution in [3.8, 4) is 0 Å². The fourth-order valence-corrected chi connectivity index (χ4v) is 5.79. The van der Waals surface area contributed by atoms with Crippen LogP contribution in [0.3, 0.4) is 0 Å². The normalized spacial score (nSPS) is 28.7. The molecule has 104 valence electrons. The highest BCUT2D eigenvalue weighted by atomic mass is 32.2. The van der Waals surface area contributed by atoms with E-state index in [1.807, 2.05) is 11.4 Å². The number of thiophene rings is 1. The molecule has 2 bridgehead atoms. The minimum absolute atomic E-state index is 0.0452. The topological polar surface area (TPSA) is 54.9 Å². The Kier molecular flexibility index (Phi) is 3.15. The summed E-state index contributed by atoms with van der Waals surface area (Å²) in [5.41, 5.74) is 1.38. The molecule has 2 saturated heterocycles. The van der Waals surface area contributed by atoms with Gasteiger partial charge < -0.3 is 5.32 Å². The van der Waals surface area contributed by atoms with E-state index < -0.39 is 0 Å². The largest absolute Gasteiger partial charge is 0.348 e. The van der Waals surface area contributed by atoms with E-state index in [1.54, 1.807) is 0 Å². The summed E-state index contributed by atoms with van der Waals surface area (Å²) < 4.78 is 0.887. The molecule has 4 heterocycles. The average molecular weight is 305 g/mol. The summed E-state index contributed by atoms with van der Waals surface area (Å²) in [5, 5.41) is 6.62. The number of amides is 1. The van der Waals surface area contributed by atoms with E-state index in [0.29, 0.717) is 11.7 Å². The van der Waals surface area contributed by atoms with Crippen LogP contribution in [-0.2, 0) is 0 Å². The Morgan fingerprint density at radius 1 is 1.25 bits per heavy atom. The van der Waals surface area contributed by atoms with Crippen LogP contribution in [-0.4, -0.2) is 32.4 Å². The monoisotopic (exact) mass is 305 g/mol. The summed E-state index contributed by atoms with van der Waals surface area (Å²) >= 11 is 3.64. The summed E-state index contributed by atoms with van der Waals surface area (Å²) in [7, 11) is 0. The highest BCUT2D eigenvalue weighted by molar-refractivity contribution is 8.00. The second-order valence-electron chi connectivity index (χ2n) is 5.46. The van der Waals surface area contributed by atoms with Gasteiger partial charge in [-0.05, 0) is 37.1 Å². The molecule has 1 amide bonds. The molecule has 0 radical (unpaired) electrons. The summed E-state index contributed by atoms with van der Waals surface area (Å²) in [6.45, 7) is 0. The SMILES string of the molecule is O=C(NC1CC2CCC(C1)S2)c1ncnc2ccsc12. The highest BCUT2D eigenvalue weighted by Gasteiger charge is 2.35. The van der Waals surface area contributed by atoms with Crippen molar-refractivity contribution in [1.29, 1.82) is 0 Å². The molecule has 2 aliphatic rings. The second-order valence-corrected chi connectivity index (χ2v) is 7.98. The number of rotatable bonds is 2. The second kappa shape index (κ2) is 5.00. The first-order valence-corrected chi connectivity index (χ1v) is 8.76. The van der Waals surface area contributed by atoms with Crippen LogP contribution in [0.25, 0.3) is 10.2 Å². The number of fused-ring (bicyclic) bond motifs is 3. The molecule has 0 spiro atoms. The minimum atomic E-state index is -0.0452. The number of nitrogens with zero attached hydrogens (tertiary/aromatic N) is 2. The molecule has 4 nitrogen and oxygen atoms in total. The lowest BCUT2D eigenvalue weighted by atomic mass is 10.1. The van der Waals surface area contributed by atoms with Crippen LogP contribution >= 0.6 is 23.1 Å². The predicted molar refractivity (Wildman–Crippen MR) is 82.3 cm³/mol. The van der Waals surface area contributed by atoms with Crippen molar-refractivity contribution in [2.24, 2.45) is 0 Å². The van der Waals surface area contributed by atoms with Crippen molar-refractivity contribution < 1.29 is 4.79 Å². The molecule has 2 atom stereocenters. The molecule has 4 rings (SSSR count). The molecule has 0 aromatic carbocycles. The van der Waals surface area contributed by atoms with Gasteiger partial charge in [-0.15, -0.1) is 11.3 Å². The Morgan fingerprint density at radius 2 is 2.05 bits per heavy atom. The van der Waals surface area contributed by atoms with E-state index in [4.69, 9.17) is 0 Å². The summed E-state index contributed by atoms with van der Waals surface area (Å²) in [5.74, 6) is -0.0452. The first kappa shape index (κ1) is 12.6. The van der Waals surface area contributed by atoms with E-state index in [9.17, 15) is 4.79 Å². The van der Waals surface area contributed by atoms with Crippen LogP contribution in [0, 0.1) is 0 Å². The lowest BCUT2D eigenvalue weighted by Crippen LogP contribution is -2.40. The van der Waals surface area contributed by atoms with Gasteiger partial charge in [-0.2, -0.15) is 11.8 Å². The molecule has 1 N–H and O–H groups in total. The lowest BCUT2D eigenvalue weighted by molar-refractivity contribution is 0.0930. The Hall–Kier alpha value is -1.14. The number of hydrogen-bond acceptors (Lipinski definition) is 5. The van der Waals surface area contributed by atoms with Gasteiger partial charge in [0.1, 0.15) is 12.0 Å². The molecule has 2 fully saturated rings. The van der Waals surface area contributed by atoms with Crippen molar-refractivity contribution >= 4 is 39.2 Å². The molecule has 20 heavy (non-hydrogen) atoms. The van der Waals surface area contributed by atoms with Crippen LogP contribution in [0.4, 0.5) is 0 Å². The molecule has 0 aliphatic carbocycles. The van der Waals surface area contributed by atoms with Crippen molar-refractivity contribution in [2.75, 3.05) is 0 Å². The zero-order valence-corrected chi connectivity index (χ0v) is 12.5. The van der Waals surface area contributed by atoms with Crippen LogP contribution in [0.1, 0.15) is 36.2 Å². The molecule has 6 heteroatoms. The molecular formula is C14H15N3OS2. The van der Waals surface area contributed by atoms with Gasteiger partial charge in [-0.3, -0.25) is 4.79 Å². The molecule has 2 aliphatic heterocycles. The van der Waals surface area contributed by atoms with Gasteiger partial charge >= 0.3 is 0 Å². The Morgan fingerprint density at radius 3 is 2.85 bits per heavy atom. The van der Waals surface area contributed by atoms with E-state index in [-0.39, 0.29) is 5.91 Å². The zero-order valence-electron chi connectivity index (χ0n) is 10.9. The number of thioether (sulfide) groups is 1. The van der Waals surface area contributed by atoms with E-state index >= 15 is 0 Å². The van der Waals surface area contributed by atoms with Gasteiger partial charge in [0.2, 0.25) is 0 Å². The maximum Gasteiger partial charge on any atom is 0.271 e. The maximum absolute atomic E-state index is 12.5. The first-order chi connectivity index (χ1) is 9.79. The Bertz CT molecular complexity index is 645. The highest BCUT2D eigenvalue weighted by Crippen LogP contribution is 2.43. The van der Waals surface area contributed by atoms with Crippen LogP contribution in [0.2, 0.25) is 0 Å². The third-order valence-electron chi connectivity index (χ3n) is 4.08. The van der Waals surface area contributed by atoms with E-state index in [1.165, 1.54) is 30.5 Å². The van der Waals surface area contributed by atoms with Gasteiger partial charge in [0.05, 0.1) is 10.2 Å². The van der Waals surface area contributed by atoms with Crippen molar-refractivity contribution in [3.05, 3.63) is 23.5 Å². The van der Waals surface area contributed by atoms with Gasteiger partial charge in [-0.1, -0.05) is 0 Å². The van der Waals surface area contributed by atoms with Gasteiger partial charge in [0, 0.05) is 16.5 Å². The number of carbonyl (C=O) groups is 1. The first-order valence-electron chi connectivity index (χ1n) is 6.94. The standard InChI is InChI=1S/C14H15N3OS2/c18-14(12-13-11(3-4-19-13)15-7-16-12)17-8-5-9-1-2-10(6-8)20-9/h3-4,7-10H,1-2,5-6H2,(H,17,18). The Labute approximate surface area is 125 Å². The summed E-state index contributed by atoms with van der Waals surface area (Å²) in [6.07, 6.45) is 6.30. The number of aromatic nitrogens is 2. The molecular weight excluding hydrogens is 290 g/mol. The van der Waals surface area contributed by atoms with Gasteiger partial charge in [-0.25, -0.2) is 9.97 Å². The van der Waals surface area contributed by atoms with Crippen molar-refractivity contribution in [2.45, 2.75) is 42.2 Å². The number of carbonyl (C=O) groups excluding carboxylic acids is 1. The Balaban J connectivity index is 1.54. The molecule has 2 aromatic rings. The maximum atomic E-state index is 12.5. The molecule has 0 saturated carbocycles. The molecule has 2 aromatic heterocycles. The van der Waals surface area contributed by atoms with Gasteiger partial charge in [0.15, 0.2) is 0 Å². The van der Waals surface area contributed by atoms with E-state index in [2.05, 4.69) is 27.0 Å². The summed E-state index contributed by atoms with van der Waals surface area (Å²) in [4.78, 5) is 20.8. The number of nitrogens with one attached hydrogen (secondary N) is 1. The third-order valence-corrected chi connectivity index (χ3v) is 6.62. The fraction of sp³-hybridized carbons (Fsp3) is 0.500. The fourth-order valence-electron chi connectivity index (χ4n) is 3.18. The van der Waals surface area contributed by atoms with Gasteiger partial charge in [0.25, 0.3) is 5.91 Å². The van der Waals surface area contributed by atoms with Crippen LogP contribution < -0.4 is 5.32 Å². The smallest absolute Gasteiger partial charge is 0.271 e. The van der Waals surface area contributed by atoms with E-state index in [0.717, 1.165) is 33.6 Å². The van der Waals surface area contributed by atoms with Crippen LogP contribution in [0.15, 0.2) is 17.8 Å². The summed E-state index contributed by atoms with van der Waals surface area (Å²) in [6, 6.07) is 2.24.